The molecule has 0 saturated heterocycles. The summed E-state index contributed by atoms with van der Waals surface area (Å²) >= 11 is 0. The van der Waals surface area contributed by atoms with Crippen molar-refractivity contribution >= 4 is 22.6 Å². The third-order valence-electron chi connectivity index (χ3n) is 6.23. The number of carboxylic acids is 1. The van der Waals surface area contributed by atoms with E-state index < -0.39 is 23.0 Å². The number of hydrogen-bond donors (Lipinski definition) is 3. The normalized spacial score (nSPS) is 16.7. The summed E-state index contributed by atoms with van der Waals surface area (Å²) in [6, 6.07) is 2.79. The smallest absolute Gasteiger partial charge is 0.350 e. The van der Waals surface area contributed by atoms with E-state index in [4.69, 9.17) is 5.11 Å². The molecule has 0 atom stereocenters. The lowest BCUT2D eigenvalue weighted by Gasteiger charge is -2.20. The minimum Gasteiger partial charge on any atom is -0.481 e. The van der Waals surface area contributed by atoms with Gasteiger partial charge in [0.05, 0.1) is 16.6 Å². The van der Waals surface area contributed by atoms with Crippen LogP contribution in [-0.2, 0) is 4.79 Å². The summed E-state index contributed by atoms with van der Waals surface area (Å²) < 4.78 is 17.4. The Hall–Kier alpha value is -2.84. The van der Waals surface area contributed by atoms with Crippen LogP contribution in [0.2, 0.25) is 0 Å². The van der Waals surface area contributed by atoms with Crippen molar-refractivity contribution in [1.29, 1.82) is 0 Å². The van der Waals surface area contributed by atoms with Crippen LogP contribution >= 0.6 is 0 Å². The number of carboxylic acid groups (broad SMARTS) is 1. The zero-order chi connectivity index (χ0) is 22.0. The molecule has 0 radical (unpaired) electrons. The molecule has 2 aliphatic rings. The van der Waals surface area contributed by atoms with Gasteiger partial charge in [0.15, 0.2) is 0 Å². The fourth-order valence-corrected chi connectivity index (χ4v) is 4.31. The summed E-state index contributed by atoms with van der Waals surface area (Å²) in [5, 5.41) is 12.0. The van der Waals surface area contributed by atoms with Gasteiger partial charge >= 0.3 is 11.7 Å². The summed E-state index contributed by atoms with van der Waals surface area (Å²) in [7, 11) is 0. The molecule has 0 bridgehead atoms. The number of nitrogens with one attached hydrogen (secondary N) is 2. The van der Waals surface area contributed by atoms with Crippen LogP contribution in [-0.4, -0.2) is 33.4 Å². The number of aliphatic carboxylic acids is 1. The molecule has 2 fully saturated rings. The van der Waals surface area contributed by atoms with Gasteiger partial charge in [0.25, 0.3) is 5.56 Å². The van der Waals surface area contributed by atoms with Crippen molar-refractivity contribution in [2.24, 2.45) is 5.92 Å². The monoisotopic (exact) mass is 432 g/mol. The highest BCUT2D eigenvalue weighted by molar-refractivity contribution is 5.82. The molecule has 31 heavy (non-hydrogen) atoms. The minimum absolute atomic E-state index is 0.0302. The van der Waals surface area contributed by atoms with E-state index in [2.05, 4.69) is 10.7 Å². The maximum absolute atomic E-state index is 14.8. The number of fused-ring (bicyclic) bond motifs is 1. The molecule has 168 valence electrons. The predicted octanol–water partition coefficient (Wildman–Crippen LogP) is 3.04. The molecule has 1 aromatic heterocycles. The van der Waals surface area contributed by atoms with Gasteiger partial charge in [-0.2, -0.15) is 4.68 Å². The molecule has 1 aromatic carbocycles. The Morgan fingerprint density at radius 3 is 2.55 bits per heavy atom. The lowest BCUT2D eigenvalue weighted by atomic mass is 10.1. The van der Waals surface area contributed by atoms with Crippen molar-refractivity contribution in [3.63, 3.8) is 0 Å². The Balaban J connectivity index is 1.70. The van der Waals surface area contributed by atoms with Gasteiger partial charge in [0.1, 0.15) is 5.82 Å². The molecule has 1 heterocycles. The zero-order valence-corrected chi connectivity index (χ0v) is 17.5. The fourth-order valence-electron chi connectivity index (χ4n) is 4.31. The van der Waals surface area contributed by atoms with Crippen molar-refractivity contribution in [3.8, 4) is 0 Å². The summed E-state index contributed by atoms with van der Waals surface area (Å²) in [6.45, 7) is 0.965. The van der Waals surface area contributed by atoms with Crippen LogP contribution in [0.5, 0.6) is 0 Å². The first kappa shape index (κ1) is 21.4. The predicted molar refractivity (Wildman–Crippen MR) is 117 cm³/mol. The van der Waals surface area contributed by atoms with E-state index in [-0.39, 0.29) is 24.4 Å². The van der Waals surface area contributed by atoms with Gasteiger partial charge < -0.3 is 15.8 Å². The van der Waals surface area contributed by atoms with E-state index in [0.29, 0.717) is 36.5 Å². The number of carbonyl (C=O) groups is 1. The summed E-state index contributed by atoms with van der Waals surface area (Å²) in [5.41, 5.74) is 2.58. The van der Waals surface area contributed by atoms with Crippen molar-refractivity contribution in [3.05, 3.63) is 38.8 Å². The Morgan fingerprint density at radius 2 is 1.87 bits per heavy atom. The number of hydrogen-bond acceptors (Lipinski definition) is 5. The molecular weight excluding hydrogens is 403 g/mol. The second kappa shape index (κ2) is 9.11. The van der Waals surface area contributed by atoms with E-state index in [1.54, 1.807) is 10.6 Å². The van der Waals surface area contributed by atoms with E-state index in [1.165, 1.54) is 6.07 Å². The average molecular weight is 432 g/mol. The van der Waals surface area contributed by atoms with E-state index in [1.807, 2.05) is 0 Å². The van der Waals surface area contributed by atoms with Crippen molar-refractivity contribution < 1.29 is 14.3 Å². The highest BCUT2D eigenvalue weighted by Gasteiger charge is 2.25. The third-order valence-corrected chi connectivity index (χ3v) is 6.23. The van der Waals surface area contributed by atoms with Crippen LogP contribution in [0.25, 0.3) is 10.9 Å². The number of halogens is 1. The Bertz CT molecular complexity index is 1080. The number of rotatable bonds is 10. The number of unbranched alkanes of at least 4 members (excludes halogenated alkanes) is 1. The van der Waals surface area contributed by atoms with Crippen LogP contribution < -0.4 is 22.0 Å². The lowest BCUT2D eigenvalue weighted by molar-refractivity contribution is -0.137. The molecule has 0 unspecified atom stereocenters. The SMILES string of the molecule is O=C(O)CCCCNn1c(=O)c2cc(F)c(NCC3CC3)cc2n(C2CCCC2)c1=O. The summed E-state index contributed by atoms with van der Waals surface area (Å²) in [4.78, 5) is 37.0. The van der Waals surface area contributed by atoms with Crippen molar-refractivity contribution in [2.45, 2.75) is 63.8 Å². The zero-order valence-electron chi connectivity index (χ0n) is 17.5. The third kappa shape index (κ3) is 4.75. The van der Waals surface area contributed by atoms with E-state index in [0.717, 1.165) is 43.2 Å². The topological polar surface area (TPSA) is 105 Å². The molecule has 2 saturated carbocycles. The van der Waals surface area contributed by atoms with Gasteiger partial charge in [-0.05, 0) is 56.6 Å². The van der Waals surface area contributed by atoms with Crippen LogP contribution in [0.1, 0.15) is 63.8 Å². The standard InChI is InChI=1S/C22H29FN4O4/c23-17-11-16-19(12-18(17)24-13-14-8-9-14)26(15-5-1-2-6-15)22(31)27(21(16)30)25-10-4-3-7-20(28)29/h11-12,14-15,24-25H,1-10,13H2,(H,28,29). The first-order valence-corrected chi connectivity index (χ1v) is 11.2. The molecular formula is C22H29FN4O4. The van der Waals surface area contributed by atoms with Gasteiger partial charge in [-0.3, -0.25) is 14.2 Å². The van der Waals surface area contributed by atoms with Crippen LogP contribution in [0.15, 0.2) is 21.7 Å². The number of aromatic nitrogens is 2. The van der Waals surface area contributed by atoms with Gasteiger partial charge in [0, 0.05) is 25.6 Å². The molecule has 0 aliphatic heterocycles. The van der Waals surface area contributed by atoms with Gasteiger partial charge in [-0.1, -0.05) is 12.8 Å². The first-order valence-electron chi connectivity index (χ1n) is 11.2. The van der Waals surface area contributed by atoms with Gasteiger partial charge in [-0.25, -0.2) is 9.18 Å². The van der Waals surface area contributed by atoms with Crippen LogP contribution in [0.4, 0.5) is 10.1 Å². The average Bonchev–Trinajstić information content (AvgIpc) is 3.41. The van der Waals surface area contributed by atoms with Crippen LogP contribution in [0.3, 0.4) is 0 Å². The maximum atomic E-state index is 14.8. The van der Waals surface area contributed by atoms with E-state index in [9.17, 15) is 18.8 Å². The molecule has 0 amide bonds. The molecule has 2 aromatic rings. The molecule has 2 aliphatic carbocycles. The molecule has 0 spiro atoms. The Morgan fingerprint density at radius 1 is 1.13 bits per heavy atom. The summed E-state index contributed by atoms with van der Waals surface area (Å²) in [5.74, 6) is -0.826. The number of benzene rings is 1. The lowest BCUT2D eigenvalue weighted by Crippen LogP contribution is -2.46. The maximum Gasteiger partial charge on any atom is 0.350 e. The summed E-state index contributed by atoms with van der Waals surface area (Å²) in [6.07, 6.45) is 6.94. The Labute approximate surface area is 179 Å². The van der Waals surface area contributed by atoms with Crippen molar-refractivity contribution in [1.82, 2.24) is 9.24 Å². The highest BCUT2D eigenvalue weighted by atomic mass is 19.1. The first-order chi connectivity index (χ1) is 15.0. The van der Waals surface area contributed by atoms with Crippen molar-refractivity contribution in [2.75, 3.05) is 23.8 Å². The van der Waals surface area contributed by atoms with Gasteiger partial charge in [0.2, 0.25) is 0 Å². The number of anilines is 1. The largest absolute Gasteiger partial charge is 0.481 e. The van der Waals surface area contributed by atoms with Crippen LogP contribution in [0, 0.1) is 11.7 Å². The number of nitrogens with zero attached hydrogens (tertiary/aromatic N) is 2. The second-order valence-electron chi connectivity index (χ2n) is 8.66. The fraction of sp³-hybridized carbons (Fsp3) is 0.591. The molecule has 4 rings (SSSR count). The molecule has 8 nitrogen and oxygen atoms in total. The minimum atomic E-state index is -0.881. The van der Waals surface area contributed by atoms with E-state index >= 15 is 0 Å². The molecule has 9 heteroatoms. The quantitative estimate of drug-likeness (QED) is 0.499. The molecule has 3 N–H and O–H groups in total. The highest BCUT2D eigenvalue weighted by Crippen LogP contribution is 2.32. The Kier molecular flexibility index (Phi) is 6.29. The second-order valence-corrected chi connectivity index (χ2v) is 8.66. The van der Waals surface area contributed by atoms with Gasteiger partial charge in [-0.15, -0.1) is 0 Å².